The number of imidazole rings is 2. The average Bonchev–Trinajstić information content (AvgIpc) is 3.38. The van der Waals surface area contributed by atoms with E-state index in [1.165, 1.54) is 12.8 Å². The van der Waals surface area contributed by atoms with Crippen molar-refractivity contribution in [2.24, 2.45) is 7.05 Å². The number of aromatic nitrogens is 5. The molecule has 0 aliphatic heterocycles. The molecule has 4 rings (SSSR count). The molecule has 1 atom stereocenters. The van der Waals surface area contributed by atoms with Gasteiger partial charge in [0.1, 0.15) is 17.4 Å². The van der Waals surface area contributed by atoms with Gasteiger partial charge in [-0.25, -0.2) is 15.0 Å². The standard InChI is InChI=1S/C18H22N6O2/c1-23-7-6-19-17(23)15(25)10-21-18(26)12-8-14-16(20-9-12)24(11-22-14)13-4-2-3-5-13/h6-9,11,13,15,25H,2-5,10H2,1H3,(H,21,26). The first-order valence-corrected chi connectivity index (χ1v) is 8.89. The van der Waals surface area contributed by atoms with Crippen LogP contribution in [-0.4, -0.2) is 41.6 Å². The van der Waals surface area contributed by atoms with Crippen LogP contribution in [0.1, 0.15) is 54.0 Å². The maximum absolute atomic E-state index is 12.4. The molecule has 0 saturated heterocycles. The summed E-state index contributed by atoms with van der Waals surface area (Å²) in [5.74, 6) is 0.220. The summed E-state index contributed by atoms with van der Waals surface area (Å²) in [6.07, 6.45) is 10.7. The Kier molecular flexibility index (Phi) is 4.42. The molecule has 1 aliphatic carbocycles. The summed E-state index contributed by atoms with van der Waals surface area (Å²) in [6, 6.07) is 2.20. The molecule has 8 heteroatoms. The van der Waals surface area contributed by atoms with Gasteiger partial charge >= 0.3 is 0 Å². The molecule has 1 fully saturated rings. The van der Waals surface area contributed by atoms with Crippen molar-refractivity contribution >= 4 is 17.1 Å². The lowest BCUT2D eigenvalue weighted by Gasteiger charge is -2.12. The molecule has 3 aromatic rings. The Balaban J connectivity index is 1.46. The molecule has 3 aromatic heterocycles. The molecule has 0 radical (unpaired) electrons. The highest BCUT2D eigenvalue weighted by atomic mass is 16.3. The SMILES string of the molecule is Cn1ccnc1C(O)CNC(=O)c1cnc2c(c1)ncn2C1CCCC1. The zero-order valence-corrected chi connectivity index (χ0v) is 14.7. The van der Waals surface area contributed by atoms with Gasteiger partial charge in [-0.2, -0.15) is 0 Å². The molecule has 1 amide bonds. The van der Waals surface area contributed by atoms with Gasteiger partial charge in [0, 0.05) is 31.7 Å². The van der Waals surface area contributed by atoms with E-state index in [1.54, 1.807) is 36.3 Å². The van der Waals surface area contributed by atoms with Crippen LogP contribution < -0.4 is 5.32 Å². The van der Waals surface area contributed by atoms with Crippen molar-refractivity contribution in [3.8, 4) is 0 Å². The number of aliphatic hydroxyl groups is 1. The summed E-state index contributed by atoms with van der Waals surface area (Å²) >= 11 is 0. The maximum atomic E-state index is 12.4. The quantitative estimate of drug-likeness (QED) is 0.727. The van der Waals surface area contributed by atoms with Crippen molar-refractivity contribution in [3.05, 3.63) is 42.4 Å². The van der Waals surface area contributed by atoms with Gasteiger partial charge in [-0.3, -0.25) is 4.79 Å². The number of aryl methyl sites for hydroxylation is 1. The first-order chi connectivity index (χ1) is 12.6. The molecule has 0 spiro atoms. The van der Waals surface area contributed by atoms with Gasteiger partial charge < -0.3 is 19.6 Å². The molecule has 1 unspecified atom stereocenters. The minimum atomic E-state index is -0.864. The fourth-order valence-corrected chi connectivity index (χ4v) is 3.57. The number of rotatable bonds is 5. The average molecular weight is 354 g/mol. The van der Waals surface area contributed by atoms with Crippen LogP contribution >= 0.6 is 0 Å². The highest BCUT2D eigenvalue weighted by Crippen LogP contribution is 2.31. The fraction of sp³-hybridized carbons (Fsp3) is 0.444. The smallest absolute Gasteiger partial charge is 0.253 e. The van der Waals surface area contributed by atoms with Crippen LogP contribution in [0.4, 0.5) is 0 Å². The first kappa shape index (κ1) is 16.7. The van der Waals surface area contributed by atoms with E-state index in [1.807, 2.05) is 6.33 Å². The number of aliphatic hydroxyl groups excluding tert-OH is 1. The summed E-state index contributed by atoms with van der Waals surface area (Å²) in [6.45, 7) is 0.0816. The van der Waals surface area contributed by atoms with E-state index < -0.39 is 6.10 Å². The molecular weight excluding hydrogens is 332 g/mol. The Hall–Kier alpha value is -2.74. The number of pyridine rings is 1. The number of carbonyl (C=O) groups is 1. The Morgan fingerprint density at radius 1 is 1.35 bits per heavy atom. The molecule has 1 saturated carbocycles. The zero-order valence-electron chi connectivity index (χ0n) is 14.7. The van der Waals surface area contributed by atoms with Gasteiger partial charge in [0.05, 0.1) is 18.4 Å². The van der Waals surface area contributed by atoms with Crippen molar-refractivity contribution in [2.75, 3.05) is 6.54 Å². The monoisotopic (exact) mass is 354 g/mol. The summed E-state index contributed by atoms with van der Waals surface area (Å²) in [4.78, 5) is 25.3. The molecular formula is C18H22N6O2. The van der Waals surface area contributed by atoms with Crippen LogP contribution in [0.25, 0.3) is 11.2 Å². The highest BCUT2D eigenvalue weighted by Gasteiger charge is 2.20. The van der Waals surface area contributed by atoms with Crippen molar-refractivity contribution in [1.82, 2.24) is 29.4 Å². The van der Waals surface area contributed by atoms with Crippen LogP contribution in [-0.2, 0) is 7.05 Å². The van der Waals surface area contributed by atoms with E-state index in [2.05, 4.69) is 24.8 Å². The lowest BCUT2D eigenvalue weighted by atomic mass is 10.2. The Labute approximate surface area is 150 Å². The summed E-state index contributed by atoms with van der Waals surface area (Å²) in [5.41, 5.74) is 1.97. The van der Waals surface area contributed by atoms with Crippen LogP contribution in [0.5, 0.6) is 0 Å². The molecule has 2 N–H and O–H groups in total. The van der Waals surface area contributed by atoms with Crippen LogP contribution in [0.15, 0.2) is 31.0 Å². The molecule has 0 aromatic carbocycles. The van der Waals surface area contributed by atoms with Gasteiger partial charge in [-0.15, -0.1) is 0 Å². The van der Waals surface area contributed by atoms with Crippen molar-refractivity contribution < 1.29 is 9.90 Å². The minimum absolute atomic E-state index is 0.0816. The lowest BCUT2D eigenvalue weighted by Crippen LogP contribution is -2.29. The highest BCUT2D eigenvalue weighted by molar-refractivity contribution is 5.96. The largest absolute Gasteiger partial charge is 0.383 e. The van der Waals surface area contributed by atoms with Gasteiger partial charge in [-0.05, 0) is 18.9 Å². The van der Waals surface area contributed by atoms with E-state index in [0.29, 0.717) is 22.9 Å². The van der Waals surface area contributed by atoms with E-state index >= 15 is 0 Å². The third-order valence-corrected chi connectivity index (χ3v) is 5.01. The van der Waals surface area contributed by atoms with Gasteiger partial charge in [0.25, 0.3) is 5.91 Å². The van der Waals surface area contributed by atoms with E-state index in [9.17, 15) is 9.90 Å². The summed E-state index contributed by atoms with van der Waals surface area (Å²) in [7, 11) is 1.80. The molecule has 0 bridgehead atoms. The second-order valence-corrected chi connectivity index (χ2v) is 6.78. The third-order valence-electron chi connectivity index (χ3n) is 5.01. The number of hydrogen-bond acceptors (Lipinski definition) is 5. The van der Waals surface area contributed by atoms with Crippen LogP contribution in [0.3, 0.4) is 0 Å². The summed E-state index contributed by atoms with van der Waals surface area (Å²) < 4.78 is 3.84. The van der Waals surface area contributed by atoms with E-state index in [0.717, 1.165) is 18.5 Å². The predicted molar refractivity (Wildman–Crippen MR) is 95.5 cm³/mol. The molecule has 26 heavy (non-hydrogen) atoms. The minimum Gasteiger partial charge on any atom is -0.383 e. The van der Waals surface area contributed by atoms with Gasteiger partial charge in [-0.1, -0.05) is 12.8 Å². The van der Waals surface area contributed by atoms with Crippen molar-refractivity contribution in [2.45, 2.75) is 37.8 Å². The Morgan fingerprint density at radius 2 is 2.15 bits per heavy atom. The number of carbonyl (C=O) groups excluding carboxylic acids is 1. The number of nitrogens with zero attached hydrogens (tertiary/aromatic N) is 5. The van der Waals surface area contributed by atoms with Crippen LogP contribution in [0, 0.1) is 0 Å². The van der Waals surface area contributed by atoms with Crippen LogP contribution in [0.2, 0.25) is 0 Å². The van der Waals surface area contributed by atoms with E-state index in [4.69, 9.17) is 0 Å². The number of fused-ring (bicyclic) bond motifs is 1. The first-order valence-electron chi connectivity index (χ1n) is 8.89. The molecule has 136 valence electrons. The fourth-order valence-electron chi connectivity index (χ4n) is 3.57. The Bertz CT molecular complexity index is 925. The number of hydrogen-bond donors (Lipinski definition) is 2. The molecule has 1 aliphatic rings. The number of amides is 1. The van der Waals surface area contributed by atoms with E-state index in [-0.39, 0.29) is 12.5 Å². The van der Waals surface area contributed by atoms with Crippen molar-refractivity contribution in [1.29, 1.82) is 0 Å². The third kappa shape index (κ3) is 3.08. The summed E-state index contributed by atoms with van der Waals surface area (Å²) in [5, 5.41) is 12.9. The molecule has 3 heterocycles. The topological polar surface area (TPSA) is 97.9 Å². The second kappa shape index (κ2) is 6.87. The normalized spacial score (nSPS) is 16.2. The zero-order chi connectivity index (χ0) is 18.1. The van der Waals surface area contributed by atoms with Crippen molar-refractivity contribution in [3.63, 3.8) is 0 Å². The van der Waals surface area contributed by atoms with Gasteiger partial charge in [0.15, 0.2) is 5.65 Å². The van der Waals surface area contributed by atoms with Gasteiger partial charge in [0.2, 0.25) is 0 Å². The maximum Gasteiger partial charge on any atom is 0.253 e. The number of nitrogens with one attached hydrogen (secondary N) is 1. The predicted octanol–water partition coefficient (Wildman–Crippen LogP) is 1.74. The Morgan fingerprint density at radius 3 is 2.88 bits per heavy atom. The second-order valence-electron chi connectivity index (χ2n) is 6.78. The lowest BCUT2D eigenvalue weighted by molar-refractivity contribution is 0.0909. The molecule has 8 nitrogen and oxygen atoms in total.